The van der Waals surface area contributed by atoms with Crippen LogP contribution in [0.25, 0.3) is 10.8 Å². The Hall–Kier alpha value is -1.86. The lowest BCUT2D eigenvalue weighted by atomic mass is 10.1. The third kappa shape index (κ3) is 4.04. The molecule has 1 fully saturated rings. The summed E-state index contributed by atoms with van der Waals surface area (Å²) < 4.78 is 12.7. The van der Waals surface area contributed by atoms with Crippen LogP contribution in [0.5, 0.6) is 11.6 Å². The van der Waals surface area contributed by atoms with Crippen LogP contribution in [0.15, 0.2) is 22.8 Å². The number of benzene rings is 1. The lowest BCUT2D eigenvalue weighted by Gasteiger charge is -2.24. The molecular weight excluding hydrogens is 386 g/mol. The van der Waals surface area contributed by atoms with Crippen molar-refractivity contribution in [2.75, 3.05) is 13.1 Å². The number of carbonyl (C=O) groups is 1. The molecule has 1 aromatic carbocycles. The summed E-state index contributed by atoms with van der Waals surface area (Å²) in [5, 5.41) is 4.94. The molecule has 2 aromatic rings. The number of fused-ring (bicyclic) bond motifs is 1. The fourth-order valence-electron chi connectivity index (χ4n) is 2.92. The first kappa shape index (κ1) is 17.9. The van der Waals surface area contributed by atoms with Gasteiger partial charge in [-0.1, -0.05) is 0 Å². The highest BCUT2D eigenvalue weighted by atomic mass is 79.9. The maximum absolute atomic E-state index is 11.8. The van der Waals surface area contributed by atoms with Gasteiger partial charge < -0.3 is 20.5 Å². The third-order valence-electron chi connectivity index (χ3n) is 4.06. The predicted octanol–water partition coefficient (Wildman–Crippen LogP) is 3.01. The zero-order chi connectivity index (χ0) is 18.0. The van der Waals surface area contributed by atoms with E-state index in [2.05, 4.69) is 26.2 Å². The summed E-state index contributed by atoms with van der Waals surface area (Å²) in [5.74, 6) is 0.457. The molecule has 0 spiro atoms. The Morgan fingerprint density at radius 1 is 1.40 bits per heavy atom. The van der Waals surface area contributed by atoms with Crippen LogP contribution in [0.4, 0.5) is 0 Å². The molecule has 0 aliphatic carbocycles. The molecule has 2 heterocycles. The maximum atomic E-state index is 11.8. The van der Waals surface area contributed by atoms with Crippen LogP contribution in [-0.4, -0.2) is 36.2 Å². The molecule has 25 heavy (non-hydrogen) atoms. The van der Waals surface area contributed by atoms with Crippen LogP contribution in [0.2, 0.25) is 0 Å². The molecule has 1 amide bonds. The minimum atomic E-state index is -0.528. The lowest BCUT2D eigenvalue weighted by Crippen LogP contribution is -2.37. The molecule has 1 aliphatic rings. The Bertz CT molecular complexity index is 789. The number of hydrogen-bond acceptors (Lipinski definition) is 5. The molecule has 7 heteroatoms. The number of rotatable bonds is 5. The van der Waals surface area contributed by atoms with E-state index in [9.17, 15) is 4.79 Å². The van der Waals surface area contributed by atoms with Gasteiger partial charge in [0.1, 0.15) is 11.9 Å². The summed E-state index contributed by atoms with van der Waals surface area (Å²) >= 11 is 3.49. The van der Waals surface area contributed by atoms with Gasteiger partial charge in [-0.05, 0) is 61.3 Å². The maximum Gasteiger partial charge on any atom is 0.252 e. The third-order valence-corrected chi connectivity index (χ3v) is 4.69. The molecule has 1 aliphatic heterocycles. The van der Waals surface area contributed by atoms with Gasteiger partial charge in [0.05, 0.1) is 11.7 Å². The van der Waals surface area contributed by atoms with Crippen molar-refractivity contribution in [2.24, 2.45) is 5.73 Å². The number of halogens is 1. The first-order valence-corrected chi connectivity index (χ1v) is 9.21. The summed E-state index contributed by atoms with van der Waals surface area (Å²) in [6, 6.07) is 3.52. The number of carbonyl (C=O) groups excluding carboxylic acids is 1. The Kier molecular flexibility index (Phi) is 5.44. The van der Waals surface area contributed by atoms with E-state index in [-0.39, 0.29) is 12.2 Å². The largest absolute Gasteiger partial charge is 0.490 e. The predicted molar refractivity (Wildman–Crippen MR) is 100 cm³/mol. The Morgan fingerprint density at radius 3 is 2.84 bits per heavy atom. The van der Waals surface area contributed by atoms with Gasteiger partial charge >= 0.3 is 0 Å². The van der Waals surface area contributed by atoms with Gasteiger partial charge in [0.25, 0.3) is 5.91 Å². The number of pyridine rings is 1. The van der Waals surface area contributed by atoms with E-state index in [1.807, 2.05) is 13.8 Å². The second-order valence-electron chi connectivity index (χ2n) is 6.42. The van der Waals surface area contributed by atoms with Crippen LogP contribution >= 0.6 is 15.9 Å². The fourth-order valence-corrected chi connectivity index (χ4v) is 3.36. The quantitative estimate of drug-likeness (QED) is 0.795. The van der Waals surface area contributed by atoms with Gasteiger partial charge in [-0.3, -0.25) is 4.79 Å². The van der Waals surface area contributed by atoms with Gasteiger partial charge in [0.15, 0.2) is 0 Å². The normalized spacial score (nSPS) is 17.7. The highest BCUT2D eigenvalue weighted by molar-refractivity contribution is 9.10. The average Bonchev–Trinajstić information content (AvgIpc) is 2.57. The molecule has 1 unspecified atom stereocenters. The summed E-state index contributed by atoms with van der Waals surface area (Å²) in [5.41, 5.74) is 5.88. The second kappa shape index (κ2) is 7.58. The molecule has 0 saturated carbocycles. The topological polar surface area (TPSA) is 86.5 Å². The molecule has 0 radical (unpaired) electrons. The number of nitrogens with one attached hydrogen (secondary N) is 1. The van der Waals surface area contributed by atoms with E-state index in [1.165, 1.54) is 0 Å². The van der Waals surface area contributed by atoms with Crippen molar-refractivity contribution < 1.29 is 14.3 Å². The Balaban J connectivity index is 2.08. The van der Waals surface area contributed by atoms with Gasteiger partial charge in [-0.2, -0.15) is 0 Å². The van der Waals surface area contributed by atoms with Crippen molar-refractivity contribution in [1.29, 1.82) is 0 Å². The summed E-state index contributed by atoms with van der Waals surface area (Å²) in [4.78, 5) is 16.3. The van der Waals surface area contributed by atoms with E-state index < -0.39 is 5.91 Å². The van der Waals surface area contributed by atoms with Crippen LogP contribution in [0.3, 0.4) is 0 Å². The highest BCUT2D eigenvalue weighted by Gasteiger charge is 2.20. The molecule has 1 saturated heterocycles. The number of amides is 1. The average molecular weight is 408 g/mol. The van der Waals surface area contributed by atoms with E-state index in [0.29, 0.717) is 17.2 Å². The molecule has 6 nitrogen and oxygen atoms in total. The van der Waals surface area contributed by atoms with E-state index in [4.69, 9.17) is 15.2 Å². The van der Waals surface area contributed by atoms with Gasteiger partial charge in [-0.25, -0.2) is 4.98 Å². The van der Waals surface area contributed by atoms with Crippen LogP contribution in [0, 0.1) is 0 Å². The molecule has 134 valence electrons. The first-order valence-electron chi connectivity index (χ1n) is 8.41. The minimum Gasteiger partial charge on any atom is -0.490 e. The van der Waals surface area contributed by atoms with Gasteiger partial charge in [0, 0.05) is 28.0 Å². The number of nitrogens with two attached hydrogens (primary N) is 1. The van der Waals surface area contributed by atoms with Gasteiger partial charge in [0.2, 0.25) is 5.88 Å². The van der Waals surface area contributed by atoms with Crippen molar-refractivity contribution in [3.05, 3.63) is 28.4 Å². The number of aromatic nitrogens is 1. The van der Waals surface area contributed by atoms with Crippen molar-refractivity contribution in [1.82, 2.24) is 10.3 Å². The number of ether oxygens (including phenoxy) is 2. The molecule has 1 atom stereocenters. The van der Waals surface area contributed by atoms with E-state index in [1.54, 1.807) is 18.3 Å². The van der Waals surface area contributed by atoms with Crippen molar-refractivity contribution in [3.8, 4) is 11.6 Å². The van der Waals surface area contributed by atoms with E-state index >= 15 is 0 Å². The Morgan fingerprint density at radius 2 is 2.20 bits per heavy atom. The standard InChI is InChI=1S/C18H22BrN3O3/c1-10(2)24-16-7-13-12(6-14(16)17(20)23)15(19)9-22-18(13)25-11-4-3-5-21-8-11/h6-7,9-11,21H,3-5,8H2,1-2H3,(H2,20,23). The van der Waals surface area contributed by atoms with Crippen molar-refractivity contribution in [2.45, 2.75) is 38.9 Å². The molecular formula is C18H22BrN3O3. The number of primary amides is 1. The summed E-state index contributed by atoms with van der Waals surface area (Å²) in [7, 11) is 0. The fraction of sp³-hybridized carbons (Fsp3) is 0.444. The van der Waals surface area contributed by atoms with Crippen molar-refractivity contribution in [3.63, 3.8) is 0 Å². The monoisotopic (exact) mass is 407 g/mol. The Labute approximate surface area is 155 Å². The number of hydrogen-bond donors (Lipinski definition) is 2. The highest BCUT2D eigenvalue weighted by Crippen LogP contribution is 2.36. The number of nitrogens with zero attached hydrogens (tertiary/aromatic N) is 1. The zero-order valence-electron chi connectivity index (χ0n) is 14.3. The molecule has 3 N–H and O–H groups in total. The SMILES string of the molecule is CC(C)Oc1cc2c(OC3CCCNC3)ncc(Br)c2cc1C(N)=O. The smallest absolute Gasteiger partial charge is 0.252 e. The summed E-state index contributed by atoms with van der Waals surface area (Å²) in [6.45, 7) is 5.62. The summed E-state index contributed by atoms with van der Waals surface area (Å²) in [6.07, 6.45) is 3.74. The van der Waals surface area contributed by atoms with Gasteiger partial charge in [-0.15, -0.1) is 0 Å². The zero-order valence-corrected chi connectivity index (χ0v) is 15.9. The van der Waals surface area contributed by atoms with Crippen LogP contribution in [-0.2, 0) is 0 Å². The van der Waals surface area contributed by atoms with Crippen LogP contribution in [0.1, 0.15) is 37.0 Å². The number of piperidine rings is 1. The van der Waals surface area contributed by atoms with Crippen LogP contribution < -0.4 is 20.5 Å². The van der Waals surface area contributed by atoms with E-state index in [0.717, 1.165) is 41.2 Å². The molecule has 1 aromatic heterocycles. The second-order valence-corrected chi connectivity index (χ2v) is 7.28. The minimum absolute atomic E-state index is 0.0795. The molecule has 0 bridgehead atoms. The molecule has 3 rings (SSSR count). The lowest BCUT2D eigenvalue weighted by molar-refractivity contribution is 0.0994. The first-order chi connectivity index (χ1) is 12.0. The van der Waals surface area contributed by atoms with Crippen molar-refractivity contribution >= 4 is 32.6 Å².